The number of rotatable bonds is 2. The first-order valence-electron chi connectivity index (χ1n) is 8.04. The molecule has 2 fully saturated rings. The van der Waals surface area contributed by atoms with E-state index in [0.29, 0.717) is 0 Å². The van der Waals surface area contributed by atoms with E-state index in [1.54, 1.807) is 0 Å². The number of benzene rings is 1. The molecule has 0 radical (unpaired) electrons. The molecule has 1 aromatic carbocycles. The predicted molar refractivity (Wildman–Crippen MR) is 79.1 cm³/mol. The van der Waals surface area contributed by atoms with Gasteiger partial charge in [0.2, 0.25) is 0 Å². The van der Waals surface area contributed by atoms with Crippen molar-refractivity contribution in [2.75, 3.05) is 39.5 Å². The van der Waals surface area contributed by atoms with Gasteiger partial charge >= 0.3 is 0 Å². The van der Waals surface area contributed by atoms with E-state index in [2.05, 4.69) is 29.2 Å². The molecule has 0 N–H and O–H groups in total. The minimum Gasteiger partial charge on any atom is -0.372 e. The van der Waals surface area contributed by atoms with Gasteiger partial charge in [-0.15, -0.1) is 0 Å². The van der Waals surface area contributed by atoms with Crippen molar-refractivity contribution >= 4 is 0 Å². The zero-order valence-electron chi connectivity index (χ0n) is 12.4. The molecule has 1 atom stereocenters. The van der Waals surface area contributed by atoms with Crippen molar-refractivity contribution < 1.29 is 14.2 Å². The van der Waals surface area contributed by atoms with E-state index in [-0.39, 0.29) is 11.9 Å². The van der Waals surface area contributed by atoms with Crippen LogP contribution >= 0.6 is 0 Å². The summed E-state index contributed by atoms with van der Waals surface area (Å²) in [5.74, 6) is -0.276. The molecule has 3 heterocycles. The zero-order chi connectivity index (χ0) is 14.1. The second-order valence-electron chi connectivity index (χ2n) is 6.22. The van der Waals surface area contributed by atoms with E-state index in [1.807, 2.05) is 0 Å². The van der Waals surface area contributed by atoms with Gasteiger partial charge in [-0.3, -0.25) is 4.90 Å². The molecule has 3 aliphatic heterocycles. The zero-order valence-corrected chi connectivity index (χ0v) is 12.4. The lowest BCUT2D eigenvalue weighted by Crippen LogP contribution is -2.46. The Bertz CT molecular complexity index is 489. The van der Waals surface area contributed by atoms with Crippen LogP contribution in [-0.4, -0.2) is 50.1 Å². The van der Waals surface area contributed by atoms with Crippen molar-refractivity contribution in [1.29, 1.82) is 0 Å². The molecule has 2 saturated heterocycles. The maximum absolute atomic E-state index is 6.02. The second-order valence-corrected chi connectivity index (χ2v) is 6.22. The van der Waals surface area contributed by atoms with E-state index in [4.69, 9.17) is 14.2 Å². The van der Waals surface area contributed by atoms with E-state index in [9.17, 15) is 0 Å². The molecule has 1 aromatic rings. The Morgan fingerprint density at radius 2 is 1.81 bits per heavy atom. The predicted octanol–water partition coefficient (Wildman–Crippen LogP) is 2.14. The Hall–Kier alpha value is -0.940. The maximum atomic E-state index is 6.02. The number of nitrogens with zero attached hydrogens (tertiary/aromatic N) is 1. The number of hydrogen-bond donors (Lipinski definition) is 0. The van der Waals surface area contributed by atoms with Crippen LogP contribution < -0.4 is 0 Å². The Morgan fingerprint density at radius 3 is 2.62 bits per heavy atom. The average molecular weight is 289 g/mol. The van der Waals surface area contributed by atoms with Gasteiger partial charge in [0.05, 0.1) is 25.9 Å². The van der Waals surface area contributed by atoms with Gasteiger partial charge in [0, 0.05) is 32.5 Å². The van der Waals surface area contributed by atoms with E-state index in [0.717, 1.165) is 58.7 Å². The van der Waals surface area contributed by atoms with Gasteiger partial charge < -0.3 is 14.2 Å². The molecule has 21 heavy (non-hydrogen) atoms. The molecule has 0 aliphatic carbocycles. The summed E-state index contributed by atoms with van der Waals surface area (Å²) in [5, 5.41) is 0. The van der Waals surface area contributed by atoms with Gasteiger partial charge in [-0.25, -0.2) is 0 Å². The monoisotopic (exact) mass is 289 g/mol. The van der Waals surface area contributed by atoms with Crippen LogP contribution in [0, 0.1) is 0 Å². The van der Waals surface area contributed by atoms with E-state index < -0.39 is 0 Å². The van der Waals surface area contributed by atoms with Crippen molar-refractivity contribution in [1.82, 2.24) is 4.90 Å². The van der Waals surface area contributed by atoms with Crippen LogP contribution in [0.5, 0.6) is 0 Å². The normalized spacial score (nSPS) is 28.7. The minimum absolute atomic E-state index is 0.217. The molecule has 4 nitrogen and oxygen atoms in total. The molecule has 1 unspecified atom stereocenters. The third-order valence-electron chi connectivity index (χ3n) is 4.95. The number of ether oxygens (including phenoxy) is 3. The number of hydrogen-bond acceptors (Lipinski definition) is 4. The lowest BCUT2D eigenvalue weighted by Gasteiger charge is -2.39. The first-order chi connectivity index (χ1) is 10.3. The number of likely N-dealkylation sites (tertiary alicyclic amines) is 1. The molecule has 4 rings (SSSR count). The third-order valence-corrected chi connectivity index (χ3v) is 4.95. The Kier molecular flexibility index (Phi) is 3.71. The fourth-order valence-corrected chi connectivity index (χ4v) is 3.72. The fourth-order valence-electron chi connectivity index (χ4n) is 3.72. The van der Waals surface area contributed by atoms with Gasteiger partial charge in [-0.2, -0.15) is 0 Å². The fraction of sp³-hybridized carbons (Fsp3) is 0.647. The highest BCUT2D eigenvalue weighted by Crippen LogP contribution is 2.33. The van der Waals surface area contributed by atoms with Crippen LogP contribution in [-0.2, 0) is 20.6 Å². The summed E-state index contributed by atoms with van der Waals surface area (Å²) < 4.78 is 17.6. The SMILES string of the molecule is c1ccc2c(c1)CCOC2CN1CCC2(CC1)OCCO2. The molecule has 3 aliphatic rings. The molecule has 1 spiro atoms. The van der Waals surface area contributed by atoms with Gasteiger partial charge in [-0.1, -0.05) is 24.3 Å². The van der Waals surface area contributed by atoms with Crippen molar-refractivity contribution in [2.45, 2.75) is 31.2 Å². The smallest absolute Gasteiger partial charge is 0.170 e. The average Bonchev–Trinajstić information content (AvgIpc) is 2.99. The highest BCUT2D eigenvalue weighted by molar-refractivity contribution is 5.31. The van der Waals surface area contributed by atoms with Crippen molar-refractivity contribution in [3.63, 3.8) is 0 Å². The topological polar surface area (TPSA) is 30.9 Å². The summed E-state index contributed by atoms with van der Waals surface area (Å²) in [6.07, 6.45) is 3.20. The lowest BCUT2D eigenvalue weighted by molar-refractivity contribution is -0.187. The summed E-state index contributed by atoms with van der Waals surface area (Å²) >= 11 is 0. The van der Waals surface area contributed by atoms with Crippen LogP contribution in [0.4, 0.5) is 0 Å². The van der Waals surface area contributed by atoms with Gasteiger partial charge in [-0.05, 0) is 17.5 Å². The van der Waals surface area contributed by atoms with Gasteiger partial charge in [0.25, 0.3) is 0 Å². The van der Waals surface area contributed by atoms with Crippen LogP contribution in [0.1, 0.15) is 30.1 Å². The molecular weight excluding hydrogens is 266 g/mol. The highest BCUT2D eigenvalue weighted by Gasteiger charge is 2.40. The van der Waals surface area contributed by atoms with Crippen molar-refractivity contribution in [3.05, 3.63) is 35.4 Å². The summed E-state index contributed by atoms with van der Waals surface area (Å²) in [7, 11) is 0. The lowest BCUT2D eigenvalue weighted by atomic mass is 9.96. The van der Waals surface area contributed by atoms with Gasteiger partial charge in [0.15, 0.2) is 5.79 Å². The van der Waals surface area contributed by atoms with Crippen LogP contribution in [0.3, 0.4) is 0 Å². The molecular formula is C17H23NO3. The maximum Gasteiger partial charge on any atom is 0.170 e. The Morgan fingerprint density at radius 1 is 1.05 bits per heavy atom. The Balaban J connectivity index is 1.39. The third kappa shape index (κ3) is 2.73. The van der Waals surface area contributed by atoms with Gasteiger partial charge in [0.1, 0.15) is 0 Å². The largest absolute Gasteiger partial charge is 0.372 e. The summed E-state index contributed by atoms with van der Waals surface area (Å²) in [6.45, 7) is 5.38. The number of piperidine rings is 1. The molecule has 0 bridgehead atoms. The highest BCUT2D eigenvalue weighted by atomic mass is 16.7. The number of fused-ring (bicyclic) bond motifs is 1. The molecule has 4 heteroatoms. The molecule has 0 saturated carbocycles. The van der Waals surface area contributed by atoms with Crippen LogP contribution in [0.15, 0.2) is 24.3 Å². The molecule has 0 aromatic heterocycles. The summed E-state index contributed by atoms with van der Waals surface area (Å²) in [5.41, 5.74) is 2.82. The van der Waals surface area contributed by atoms with E-state index in [1.165, 1.54) is 11.1 Å². The summed E-state index contributed by atoms with van der Waals surface area (Å²) in [4.78, 5) is 2.49. The van der Waals surface area contributed by atoms with E-state index >= 15 is 0 Å². The first-order valence-corrected chi connectivity index (χ1v) is 8.04. The standard InChI is InChI=1S/C17H23NO3/c1-2-4-15-14(3-1)5-10-19-16(15)13-18-8-6-17(7-9-18)20-11-12-21-17/h1-4,16H,5-13H2. The molecule has 0 amide bonds. The molecule has 114 valence electrons. The summed E-state index contributed by atoms with van der Waals surface area (Å²) in [6, 6.07) is 8.69. The Labute approximate surface area is 126 Å². The van der Waals surface area contributed by atoms with Crippen LogP contribution in [0.25, 0.3) is 0 Å². The van der Waals surface area contributed by atoms with Crippen LogP contribution in [0.2, 0.25) is 0 Å². The second kappa shape index (κ2) is 5.69. The van der Waals surface area contributed by atoms with Crippen molar-refractivity contribution in [2.24, 2.45) is 0 Å². The minimum atomic E-state index is -0.276. The van der Waals surface area contributed by atoms with Crippen molar-refractivity contribution in [3.8, 4) is 0 Å². The first kappa shape index (κ1) is 13.7. The quantitative estimate of drug-likeness (QED) is 0.834.